The third-order valence-corrected chi connectivity index (χ3v) is 9.01. The standard InChI is InChI=1S/C32H27N5O5S/c1-2-35-21-29(31(34-35)23-11-13-25(14-12-23)37(39)40)27-15-17-33-32-28(27)20-30(24-8-6-7-22(19-24)16-18-38)36(32)43(41,42)26-9-4-3-5-10-26/h3-15,17,19-21,38H,2,16,18H2,1H3. The van der Waals surface area contributed by atoms with Gasteiger partial charge in [0.2, 0.25) is 0 Å². The van der Waals surface area contributed by atoms with E-state index in [2.05, 4.69) is 4.98 Å². The smallest absolute Gasteiger partial charge is 0.269 e. The van der Waals surface area contributed by atoms with E-state index in [9.17, 15) is 23.6 Å². The average Bonchev–Trinajstić information content (AvgIpc) is 3.65. The number of nitrogens with zero attached hydrogens (tertiary/aromatic N) is 5. The normalized spacial score (nSPS) is 11.7. The molecule has 0 fully saturated rings. The van der Waals surface area contributed by atoms with Gasteiger partial charge in [0.1, 0.15) is 5.69 Å². The van der Waals surface area contributed by atoms with Gasteiger partial charge in [-0.05, 0) is 72.5 Å². The number of aliphatic hydroxyl groups is 1. The van der Waals surface area contributed by atoms with E-state index in [0.29, 0.717) is 46.4 Å². The van der Waals surface area contributed by atoms with Gasteiger partial charge in [-0.15, -0.1) is 0 Å². The second-order valence-electron chi connectivity index (χ2n) is 9.93. The first-order valence-corrected chi connectivity index (χ1v) is 15.1. The van der Waals surface area contributed by atoms with Gasteiger partial charge in [0.05, 0.1) is 15.5 Å². The molecule has 0 amide bonds. The number of nitro groups is 1. The van der Waals surface area contributed by atoms with E-state index in [4.69, 9.17) is 5.10 Å². The van der Waals surface area contributed by atoms with Crippen LogP contribution in [0.15, 0.2) is 108 Å². The number of benzene rings is 3. The van der Waals surface area contributed by atoms with Crippen molar-refractivity contribution in [3.05, 3.63) is 119 Å². The highest BCUT2D eigenvalue weighted by molar-refractivity contribution is 7.90. The second-order valence-corrected chi connectivity index (χ2v) is 11.7. The average molecular weight is 594 g/mol. The van der Waals surface area contributed by atoms with Crippen LogP contribution in [0.3, 0.4) is 0 Å². The van der Waals surface area contributed by atoms with Crippen molar-refractivity contribution in [1.29, 1.82) is 0 Å². The lowest BCUT2D eigenvalue weighted by Gasteiger charge is -2.12. The molecule has 10 nitrogen and oxygen atoms in total. The molecule has 6 rings (SSSR count). The zero-order valence-electron chi connectivity index (χ0n) is 23.2. The quantitative estimate of drug-likeness (QED) is 0.162. The third kappa shape index (κ3) is 5.09. The number of fused-ring (bicyclic) bond motifs is 1. The van der Waals surface area contributed by atoms with Crippen molar-refractivity contribution in [2.75, 3.05) is 6.61 Å². The Morgan fingerprint density at radius 1 is 0.907 bits per heavy atom. The first kappa shape index (κ1) is 28.0. The first-order valence-electron chi connectivity index (χ1n) is 13.7. The molecule has 0 aliphatic carbocycles. The van der Waals surface area contributed by atoms with E-state index in [0.717, 1.165) is 11.1 Å². The van der Waals surface area contributed by atoms with E-state index in [1.165, 1.54) is 16.1 Å². The Labute approximate surface area is 247 Å². The van der Waals surface area contributed by atoms with E-state index in [1.54, 1.807) is 53.3 Å². The number of aromatic nitrogens is 4. The van der Waals surface area contributed by atoms with Crippen molar-refractivity contribution in [3.8, 4) is 33.6 Å². The summed E-state index contributed by atoms with van der Waals surface area (Å²) in [6.07, 6.45) is 3.89. The van der Waals surface area contributed by atoms with E-state index in [-0.39, 0.29) is 22.8 Å². The molecule has 0 saturated carbocycles. The Balaban J connectivity index is 1.63. The number of non-ortho nitro benzene ring substituents is 1. The number of hydrogen-bond acceptors (Lipinski definition) is 7. The second kappa shape index (κ2) is 11.3. The zero-order chi connectivity index (χ0) is 30.1. The van der Waals surface area contributed by atoms with Gasteiger partial charge in [0, 0.05) is 54.2 Å². The third-order valence-electron chi connectivity index (χ3n) is 7.29. The Bertz CT molecular complexity index is 2070. The van der Waals surface area contributed by atoms with Crippen molar-refractivity contribution >= 4 is 26.7 Å². The van der Waals surface area contributed by atoms with Crippen molar-refractivity contribution in [2.45, 2.75) is 24.8 Å². The van der Waals surface area contributed by atoms with Crippen LogP contribution in [0.4, 0.5) is 5.69 Å². The molecule has 0 aliphatic rings. The van der Waals surface area contributed by atoms with Crippen LogP contribution in [-0.4, -0.2) is 43.8 Å². The summed E-state index contributed by atoms with van der Waals surface area (Å²) in [5.41, 5.74) is 4.93. The fraction of sp³-hybridized carbons (Fsp3) is 0.125. The minimum Gasteiger partial charge on any atom is -0.396 e. The van der Waals surface area contributed by atoms with Crippen molar-refractivity contribution < 1.29 is 18.4 Å². The van der Waals surface area contributed by atoms with Gasteiger partial charge in [0.15, 0.2) is 5.65 Å². The Kier molecular flexibility index (Phi) is 7.34. The van der Waals surface area contributed by atoms with Crippen LogP contribution in [-0.2, 0) is 23.0 Å². The fourth-order valence-electron chi connectivity index (χ4n) is 5.20. The molecule has 0 bridgehead atoms. The highest BCUT2D eigenvalue weighted by Gasteiger charge is 2.27. The van der Waals surface area contributed by atoms with Gasteiger partial charge in [-0.3, -0.25) is 14.8 Å². The number of hydrogen-bond donors (Lipinski definition) is 1. The molecular weight excluding hydrogens is 566 g/mol. The van der Waals surface area contributed by atoms with Crippen LogP contribution in [0.1, 0.15) is 12.5 Å². The number of aryl methyl sites for hydroxylation is 1. The summed E-state index contributed by atoms with van der Waals surface area (Å²) in [6.45, 7) is 2.51. The molecule has 0 atom stereocenters. The van der Waals surface area contributed by atoms with Gasteiger partial charge in [-0.25, -0.2) is 17.4 Å². The maximum atomic E-state index is 14.2. The van der Waals surface area contributed by atoms with E-state index in [1.807, 2.05) is 49.5 Å². The molecule has 3 aromatic heterocycles. The largest absolute Gasteiger partial charge is 0.396 e. The number of pyridine rings is 1. The molecule has 11 heteroatoms. The van der Waals surface area contributed by atoms with Crippen LogP contribution in [0, 0.1) is 10.1 Å². The van der Waals surface area contributed by atoms with E-state index >= 15 is 0 Å². The van der Waals surface area contributed by atoms with Crippen LogP contribution in [0.5, 0.6) is 0 Å². The van der Waals surface area contributed by atoms with Crippen molar-refractivity contribution in [3.63, 3.8) is 0 Å². The lowest BCUT2D eigenvalue weighted by Crippen LogP contribution is -2.14. The fourth-order valence-corrected chi connectivity index (χ4v) is 6.70. The van der Waals surface area contributed by atoms with Crippen LogP contribution >= 0.6 is 0 Å². The Hall–Kier alpha value is -5.13. The number of nitro benzene ring substituents is 1. The van der Waals surface area contributed by atoms with Gasteiger partial charge in [-0.2, -0.15) is 5.10 Å². The lowest BCUT2D eigenvalue weighted by molar-refractivity contribution is -0.384. The van der Waals surface area contributed by atoms with Gasteiger partial charge < -0.3 is 5.11 Å². The van der Waals surface area contributed by atoms with Gasteiger partial charge >= 0.3 is 0 Å². The highest BCUT2D eigenvalue weighted by atomic mass is 32.2. The molecule has 0 radical (unpaired) electrons. The summed E-state index contributed by atoms with van der Waals surface area (Å²) < 4.78 is 31.4. The predicted molar refractivity (Wildman–Crippen MR) is 164 cm³/mol. The monoisotopic (exact) mass is 593 g/mol. The molecular formula is C32H27N5O5S. The SMILES string of the molecule is CCn1cc(-c2ccnc3c2cc(-c2cccc(CCO)c2)n3S(=O)(=O)c2ccccc2)c(-c2ccc([N+](=O)[O-])cc2)n1. The Morgan fingerprint density at radius 2 is 1.67 bits per heavy atom. The highest BCUT2D eigenvalue weighted by Crippen LogP contribution is 2.40. The molecule has 216 valence electrons. The maximum absolute atomic E-state index is 14.2. The van der Waals surface area contributed by atoms with Crippen LogP contribution < -0.4 is 0 Å². The summed E-state index contributed by atoms with van der Waals surface area (Å²) in [6, 6.07) is 25.5. The topological polar surface area (TPSA) is 133 Å². The van der Waals surface area contributed by atoms with Gasteiger partial charge in [-0.1, -0.05) is 36.4 Å². The number of aliphatic hydroxyl groups excluding tert-OH is 1. The molecule has 0 spiro atoms. The molecule has 43 heavy (non-hydrogen) atoms. The maximum Gasteiger partial charge on any atom is 0.269 e. The summed E-state index contributed by atoms with van der Waals surface area (Å²) in [5, 5.41) is 26.1. The molecule has 0 unspecified atom stereocenters. The molecule has 3 heterocycles. The van der Waals surface area contributed by atoms with Crippen LogP contribution in [0.2, 0.25) is 0 Å². The lowest BCUT2D eigenvalue weighted by atomic mass is 9.99. The summed E-state index contributed by atoms with van der Waals surface area (Å²) in [4.78, 5) is 15.5. The molecule has 0 saturated heterocycles. The van der Waals surface area contributed by atoms with Gasteiger partial charge in [0.25, 0.3) is 15.7 Å². The van der Waals surface area contributed by atoms with Crippen LogP contribution in [0.25, 0.3) is 44.7 Å². The number of rotatable bonds is 9. The summed E-state index contributed by atoms with van der Waals surface area (Å²) in [5.74, 6) is 0. The molecule has 1 N–H and O–H groups in total. The van der Waals surface area contributed by atoms with Crippen molar-refractivity contribution in [1.82, 2.24) is 18.7 Å². The first-order chi connectivity index (χ1) is 20.8. The Morgan fingerprint density at radius 3 is 2.37 bits per heavy atom. The minimum absolute atomic E-state index is 0.0252. The zero-order valence-corrected chi connectivity index (χ0v) is 24.0. The summed E-state index contributed by atoms with van der Waals surface area (Å²) in [7, 11) is -4.08. The summed E-state index contributed by atoms with van der Waals surface area (Å²) >= 11 is 0. The minimum atomic E-state index is -4.08. The van der Waals surface area contributed by atoms with E-state index < -0.39 is 14.9 Å². The molecule has 3 aromatic carbocycles. The molecule has 0 aliphatic heterocycles. The molecule has 6 aromatic rings. The predicted octanol–water partition coefficient (Wildman–Crippen LogP) is 5.93. The van der Waals surface area contributed by atoms with Crippen molar-refractivity contribution in [2.24, 2.45) is 0 Å².